The lowest BCUT2D eigenvalue weighted by Crippen LogP contribution is -2.45. The first kappa shape index (κ1) is 17.4. The maximum atomic E-state index is 6.28. The van der Waals surface area contributed by atoms with Gasteiger partial charge in [-0.2, -0.15) is 0 Å². The zero-order chi connectivity index (χ0) is 15.2. The van der Waals surface area contributed by atoms with Crippen molar-refractivity contribution >= 4 is 16.9 Å². The van der Waals surface area contributed by atoms with E-state index in [4.69, 9.17) is 13.3 Å². The van der Waals surface area contributed by atoms with E-state index in [1.807, 2.05) is 12.1 Å². The van der Waals surface area contributed by atoms with E-state index < -0.39 is 16.9 Å². The normalized spacial score (nSPS) is 12.5. The van der Waals surface area contributed by atoms with Gasteiger partial charge in [-0.1, -0.05) is 12.1 Å². The lowest BCUT2D eigenvalue weighted by molar-refractivity contribution is 0.309. The summed E-state index contributed by atoms with van der Waals surface area (Å²) in [5.74, 6) is 0.916. The smallest absolute Gasteiger partial charge is 0.321 e. The van der Waals surface area contributed by atoms with Crippen LogP contribution in [0.25, 0.3) is 0 Å². The molecule has 0 saturated heterocycles. The molecule has 20 heavy (non-hydrogen) atoms. The minimum absolute atomic E-state index is 0.916. The summed E-state index contributed by atoms with van der Waals surface area (Å²) in [6.07, 6.45) is 2.26. The zero-order valence-corrected chi connectivity index (χ0v) is 15.7. The molecule has 0 atom stereocenters. The minimum Gasteiger partial charge on any atom is -0.497 e. The Labute approximate surface area is 125 Å². The van der Waals surface area contributed by atoms with Crippen molar-refractivity contribution in [3.05, 3.63) is 29.8 Å². The first-order valence-corrected chi connectivity index (χ1v) is 13.1. The number of benzene rings is 1. The third-order valence-electron chi connectivity index (χ3n) is 3.42. The molecule has 0 saturated carbocycles. The Morgan fingerprint density at radius 3 is 2.05 bits per heavy atom. The number of ether oxygens (including phenoxy) is 1. The first-order chi connectivity index (χ1) is 9.28. The zero-order valence-electron chi connectivity index (χ0n) is 13.7. The van der Waals surface area contributed by atoms with Crippen LogP contribution in [-0.4, -0.2) is 31.1 Å². The van der Waals surface area contributed by atoms with Crippen LogP contribution in [-0.2, 0) is 15.0 Å². The van der Waals surface area contributed by atoms with E-state index in [0.29, 0.717) is 0 Å². The van der Waals surface area contributed by atoms with Crippen molar-refractivity contribution < 1.29 is 13.3 Å². The van der Waals surface area contributed by atoms with Crippen LogP contribution in [0, 0.1) is 0 Å². The van der Waals surface area contributed by atoms with E-state index in [2.05, 4.69) is 38.3 Å². The van der Waals surface area contributed by atoms with E-state index in [-0.39, 0.29) is 0 Å². The van der Waals surface area contributed by atoms with Crippen molar-refractivity contribution in [3.63, 3.8) is 0 Å². The van der Waals surface area contributed by atoms with Gasteiger partial charge in [-0.05, 0) is 62.8 Å². The Morgan fingerprint density at radius 2 is 1.55 bits per heavy atom. The van der Waals surface area contributed by atoms with E-state index in [0.717, 1.165) is 12.2 Å². The third kappa shape index (κ3) is 6.22. The van der Waals surface area contributed by atoms with Crippen LogP contribution in [0.3, 0.4) is 0 Å². The summed E-state index contributed by atoms with van der Waals surface area (Å²) >= 11 is 0. The highest BCUT2D eigenvalue weighted by Gasteiger charge is 2.33. The number of hydrogen-bond donors (Lipinski definition) is 0. The molecule has 114 valence electrons. The highest BCUT2D eigenvalue weighted by Crippen LogP contribution is 2.22. The maximum absolute atomic E-state index is 6.28. The van der Waals surface area contributed by atoms with Gasteiger partial charge in [0.2, 0.25) is 0 Å². The molecular formula is C15H28O3Si2. The van der Waals surface area contributed by atoms with Crippen molar-refractivity contribution in [2.45, 2.75) is 45.1 Å². The maximum Gasteiger partial charge on any atom is 0.321 e. The molecule has 0 radical (unpaired) electrons. The minimum atomic E-state index is -1.91. The molecule has 0 fully saturated rings. The van der Waals surface area contributed by atoms with Gasteiger partial charge in [0.25, 0.3) is 0 Å². The average molecular weight is 313 g/mol. The SMILES string of the molecule is COc1ccc(CCC[Si](C)(C)O[Si](C)(C)OC)cc1. The van der Waals surface area contributed by atoms with Gasteiger partial charge in [0.1, 0.15) is 5.75 Å². The molecule has 0 aliphatic rings. The molecular weight excluding hydrogens is 284 g/mol. The van der Waals surface area contributed by atoms with Crippen LogP contribution < -0.4 is 4.74 Å². The Hall–Kier alpha value is -0.626. The van der Waals surface area contributed by atoms with Crippen LogP contribution >= 0.6 is 0 Å². The van der Waals surface area contributed by atoms with Crippen LogP contribution in [0.5, 0.6) is 5.75 Å². The molecule has 0 N–H and O–H groups in total. The van der Waals surface area contributed by atoms with Crippen LogP contribution in [0.15, 0.2) is 24.3 Å². The molecule has 0 amide bonds. The fourth-order valence-corrected chi connectivity index (χ4v) is 9.36. The lowest BCUT2D eigenvalue weighted by atomic mass is 10.1. The molecule has 0 unspecified atom stereocenters. The monoisotopic (exact) mass is 312 g/mol. The van der Waals surface area contributed by atoms with Gasteiger partial charge in [-0.15, -0.1) is 0 Å². The Morgan fingerprint density at radius 1 is 0.950 bits per heavy atom. The third-order valence-corrected chi connectivity index (χ3v) is 10.1. The lowest BCUT2D eigenvalue weighted by Gasteiger charge is -2.32. The molecule has 5 heteroatoms. The molecule has 0 aliphatic carbocycles. The summed E-state index contributed by atoms with van der Waals surface area (Å²) in [4.78, 5) is 0. The summed E-state index contributed by atoms with van der Waals surface area (Å²) < 4.78 is 17.0. The van der Waals surface area contributed by atoms with E-state index in [1.54, 1.807) is 14.2 Å². The molecule has 0 heterocycles. The summed E-state index contributed by atoms with van der Waals surface area (Å²) in [7, 11) is -0.0742. The summed E-state index contributed by atoms with van der Waals surface area (Å²) in [6.45, 7) is 8.81. The van der Waals surface area contributed by atoms with Gasteiger partial charge in [0.05, 0.1) is 7.11 Å². The summed E-state index contributed by atoms with van der Waals surface area (Å²) in [5, 5.41) is 0. The summed E-state index contributed by atoms with van der Waals surface area (Å²) in [5.41, 5.74) is 1.36. The number of hydrogen-bond acceptors (Lipinski definition) is 3. The van der Waals surface area contributed by atoms with Crippen LogP contribution in [0.2, 0.25) is 32.2 Å². The number of methoxy groups -OCH3 is 1. The highest BCUT2D eigenvalue weighted by molar-refractivity contribution is 6.82. The predicted molar refractivity (Wildman–Crippen MR) is 89.2 cm³/mol. The van der Waals surface area contributed by atoms with E-state index in [9.17, 15) is 0 Å². The van der Waals surface area contributed by atoms with E-state index >= 15 is 0 Å². The van der Waals surface area contributed by atoms with Gasteiger partial charge < -0.3 is 13.3 Å². The average Bonchev–Trinajstić information content (AvgIpc) is 2.38. The van der Waals surface area contributed by atoms with Crippen molar-refractivity contribution in [1.29, 1.82) is 0 Å². The largest absolute Gasteiger partial charge is 0.497 e. The van der Waals surface area contributed by atoms with Gasteiger partial charge >= 0.3 is 8.56 Å². The van der Waals surface area contributed by atoms with Gasteiger partial charge in [-0.25, -0.2) is 0 Å². The molecule has 0 aromatic heterocycles. The quantitative estimate of drug-likeness (QED) is 0.673. The second kappa shape index (κ2) is 7.40. The molecule has 3 nitrogen and oxygen atoms in total. The van der Waals surface area contributed by atoms with Crippen LogP contribution in [0.4, 0.5) is 0 Å². The predicted octanol–water partition coefficient (Wildman–Crippen LogP) is 4.20. The molecule has 1 rings (SSSR count). The van der Waals surface area contributed by atoms with Crippen molar-refractivity contribution in [3.8, 4) is 5.75 Å². The van der Waals surface area contributed by atoms with E-state index in [1.165, 1.54) is 18.0 Å². The Kier molecular flexibility index (Phi) is 6.45. The number of rotatable bonds is 8. The van der Waals surface area contributed by atoms with Gasteiger partial charge in [0.15, 0.2) is 8.32 Å². The summed E-state index contributed by atoms with van der Waals surface area (Å²) in [6, 6.07) is 9.49. The van der Waals surface area contributed by atoms with Crippen molar-refractivity contribution in [2.24, 2.45) is 0 Å². The van der Waals surface area contributed by atoms with Crippen molar-refractivity contribution in [1.82, 2.24) is 0 Å². The Bertz CT molecular complexity index is 402. The first-order valence-electron chi connectivity index (χ1n) is 7.16. The topological polar surface area (TPSA) is 27.7 Å². The van der Waals surface area contributed by atoms with Crippen LogP contribution in [0.1, 0.15) is 12.0 Å². The molecule has 0 bridgehead atoms. The van der Waals surface area contributed by atoms with Crippen molar-refractivity contribution in [2.75, 3.05) is 14.2 Å². The van der Waals surface area contributed by atoms with Gasteiger partial charge in [-0.3, -0.25) is 0 Å². The fourth-order valence-electron chi connectivity index (χ4n) is 2.27. The molecule has 1 aromatic carbocycles. The molecule has 0 aliphatic heterocycles. The van der Waals surface area contributed by atoms with Gasteiger partial charge in [0, 0.05) is 7.11 Å². The fraction of sp³-hybridized carbons (Fsp3) is 0.600. The second-order valence-corrected chi connectivity index (χ2v) is 14.2. The Balaban J connectivity index is 2.42. The standard InChI is InChI=1S/C15H28O3Si2/c1-16-15-11-9-14(10-12-15)8-7-13-19(3,4)18-20(5,6)17-2/h9-12H,7-8,13H2,1-6H3. The molecule has 0 spiro atoms. The second-order valence-electron chi connectivity index (χ2n) is 6.17. The molecule has 1 aromatic rings. The number of aryl methyl sites for hydroxylation is 1. The highest BCUT2D eigenvalue weighted by atomic mass is 28.4.